The van der Waals surface area contributed by atoms with Gasteiger partial charge >= 0.3 is 0 Å². The first-order valence-corrected chi connectivity index (χ1v) is 9.37. The minimum absolute atomic E-state index is 0.0478. The number of nitrogens with one attached hydrogen (secondary N) is 1. The predicted molar refractivity (Wildman–Crippen MR) is 115 cm³/mol. The van der Waals surface area contributed by atoms with Crippen LogP contribution in [0.4, 0.5) is 11.4 Å². The van der Waals surface area contributed by atoms with E-state index in [4.69, 9.17) is 4.42 Å². The van der Waals surface area contributed by atoms with Crippen molar-refractivity contribution >= 4 is 28.4 Å². The first kappa shape index (κ1) is 19.3. The monoisotopic (exact) mass is 401 g/mol. The standard InChI is InChI=1S/C23H19N3O4/c1-13-7-10-21-20(11-13)25-23(30-21)18-5-4-6-19(15(18)3)24-22(27)17-9-8-16(26(28)29)12-14(17)2/h4-12H,1-3H3,(H,24,27). The number of aryl methyl sites for hydroxylation is 2. The topological polar surface area (TPSA) is 98.3 Å². The van der Waals surface area contributed by atoms with E-state index < -0.39 is 4.92 Å². The number of carbonyl (C=O) groups excluding carboxylic acids is 1. The van der Waals surface area contributed by atoms with Gasteiger partial charge in [-0.25, -0.2) is 4.98 Å². The van der Waals surface area contributed by atoms with Gasteiger partial charge < -0.3 is 9.73 Å². The number of nitro groups is 1. The molecule has 7 heteroatoms. The molecule has 150 valence electrons. The fraction of sp³-hybridized carbons (Fsp3) is 0.130. The van der Waals surface area contributed by atoms with E-state index in [1.165, 1.54) is 18.2 Å². The summed E-state index contributed by atoms with van der Waals surface area (Å²) in [6, 6.07) is 15.5. The van der Waals surface area contributed by atoms with Crippen LogP contribution in [0, 0.1) is 30.9 Å². The molecule has 0 saturated carbocycles. The highest BCUT2D eigenvalue weighted by atomic mass is 16.6. The van der Waals surface area contributed by atoms with Crippen molar-refractivity contribution in [3.63, 3.8) is 0 Å². The smallest absolute Gasteiger partial charge is 0.269 e. The molecule has 7 nitrogen and oxygen atoms in total. The molecule has 0 fully saturated rings. The number of non-ortho nitro benzene ring substituents is 1. The van der Waals surface area contributed by atoms with Crippen LogP contribution in [0.5, 0.6) is 0 Å². The molecule has 1 amide bonds. The fourth-order valence-corrected chi connectivity index (χ4v) is 3.36. The number of benzene rings is 3. The number of fused-ring (bicyclic) bond motifs is 1. The molecule has 4 rings (SSSR count). The molecular weight excluding hydrogens is 382 g/mol. The molecular formula is C23H19N3O4. The lowest BCUT2D eigenvalue weighted by Crippen LogP contribution is -2.14. The third-order valence-electron chi connectivity index (χ3n) is 5.02. The van der Waals surface area contributed by atoms with Gasteiger partial charge in [-0.2, -0.15) is 0 Å². The van der Waals surface area contributed by atoms with E-state index in [2.05, 4.69) is 10.3 Å². The molecule has 30 heavy (non-hydrogen) atoms. The second-order valence-corrected chi connectivity index (χ2v) is 7.18. The predicted octanol–water partition coefficient (Wildman–Crippen LogP) is 5.58. The maximum atomic E-state index is 12.8. The number of nitro benzene ring substituents is 1. The van der Waals surface area contributed by atoms with E-state index in [0.29, 0.717) is 28.3 Å². The fourth-order valence-electron chi connectivity index (χ4n) is 3.36. The number of hydrogen-bond donors (Lipinski definition) is 1. The molecule has 3 aromatic carbocycles. The third-order valence-corrected chi connectivity index (χ3v) is 5.02. The van der Waals surface area contributed by atoms with Crippen molar-refractivity contribution < 1.29 is 14.1 Å². The molecule has 4 aromatic rings. The Morgan fingerprint density at radius 3 is 2.60 bits per heavy atom. The number of oxazole rings is 1. The lowest BCUT2D eigenvalue weighted by molar-refractivity contribution is -0.384. The normalized spacial score (nSPS) is 10.9. The van der Waals surface area contributed by atoms with Gasteiger partial charge in [0.05, 0.1) is 4.92 Å². The summed E-state index contributed by atoms with van der Waals surface area (Å²) in [5, 5.41) is 13.8. The van der Waals surface area contributed by atoms with Crippen LogP contribution >= 0.6 is 0 Å². The summed E-state index contributed by atoms with van der Waals surface area (Å²) >= 11 is 0. The number of amides is 1. The molecule has 0 aliphatic rings. The number of hydrogen-bond acceptors (Lipinski definition) is 5. The average molecular weight is 401 g/mol. The van der Waals surface area contributed by atoms with E-state index in [-0.39, 0.29) is 11.6 Å². The van der Waals surface area contributed by atoms with E-state index in [0.717, 1.165) is 22.2 Å². The zero-order chi connectivity index (χ0) is 21.4. The Morgan fingerprint density at radius 1 is 1.07 bits per heavy atom. The van der Waals surface area contributed by atoms with Gasteiger partial charge in [-0.1, -0.05) is 12.1 Å². The third kappa shape index (κ3) is 3.53. The maximum Gasteiger partial charge on any atom is 0.269 e. The molecule has 0 bridgehead atoms. The second-order valence-electron chi connectivity index (χ2n) is 7.18. The Hall–Kier alpha value is -4.00. The minimum Gasteiger partial charge on any atom is -0.436 e. The maximum absolute atomic E-state index is 12.8. The number of nitrogens with zero attached hydrogens (tertiary/aromatic N) is 2. The van der Waals surface area contributed by atoms with Crippen molar-refractivity contribution in [2.45, 2.75) is 20.8 Å². The van der Waals surface area contributed by atoms with Crippen LogP contribution in [0.1, 0.15) is 27.0 Å². The minimum atomic E-state index is -0.482. The number of aromatic nitrogens is 1. The number of anilines is 1. The van der Waals surface area contributed by atoms with Crippen LogP contribution in [-0.4, -0.2) is 15.8 Å². The van der Waals surface area contributed by atoms with E-state index in [1.807, 2.05) is 44.2 Å². The molecule has 0 atom stereocenters. The Balaban J connectivity index is 1.66. The summed E-state index contributed by atoms with van der Waals surface area (Å²) in [7, 11) is 0. The van der Waals surface area contributed by atoms with Gasteiger partial charge in [0.2, 0.25) is 5.89 Å². The summed E-state index contributed by atoms with van der Waals surface area (Å²) < 4.78 is 5.90. The lowest BCUT2D eigenvalue weighted by atomic mass is 10.0. The van der Waals surface area contributed by atoms with Crippen molar-refractivity contribution in [3.05, 3.63) is 87.0 Å². The quantitative estimate of drug-likeness (QED) is 0.355. The molecule has 0 spiro atoms. The Bertz CT molecular complexity index is 1310. The van der Waals surface area contributed by atoms with Crippen molar-refractivity contribution in [2.75, 3.05) is 5.32 Å². The van der Waals surface area contributed by atoms with Gasteiger partial charge in [-0.15, -0.1) is 0 Å². The highest BCUT2D eigenvalue weighted by molar-refractivity contribution is 6.06. The highest BCUT2D eigenvalue weighted by Crippen LogP contribution is 2.31. The number of carbonyl (C=O) groups is 1. The largest absolute Gasteiger partial charge is 0.436 e. The van der Waals surface area contributed by atoms with Crippen LogP contribution < -0.4 is 5.32 Å². The SMILES string of the molecule is Cc1ccc2oc(-c3cccc(NC(=O)c4ccc([N+](=O)[O-])cc4C)c3C)nc2c1. The van der Waals surface area contributed by atoms with Gasteiger partial charge in [-0.05, 0) is 67.8 Å². The first-order valence-electron chi connectivity index (χ1n) is 9.37. The first-order chi connectivity index (χ1) is 14.3. The average Bonchev–Trinajstić information content (AvgIpc) is 3.12. The molecule has 0 aliphatic carbocycles. The van der Waals surface area contributed by atoms with Gasteiger partial charge in [0, 0.05) is 28.9 Å². The van der Waals surface area contributed by atoms with Crippen molar-refractivity contribution in [3.8, 4) is 11.5 Å². The van der Waals surface area contributed by atoms with Crippen LogP contribution in [0.15, 0.2) is 59.0 Å². The molecule has 0 radical (unpaired) electrons. The molecule has 1 aromatic heterocycles. The van der Waals surface area contributed by atoms with E-state index in [9.17, 15) is 14.9 Å². The zero-order valence-electron chi connectivity index (χ0n) is 16.7. The molecule has 1 N–H and O–H groups in total. The number of rotatable bonds is 4. The summed E-state index contributed by atoms with van der Waals surface area (Å²) in [5.74, 6) is 0.145. The summed E-state index contributed by atoms with van der Waals surface area (Å²) in [6.45, 7) is 5.55. The lowest BCUT2D eigenvalue weighted by Gasteiger charge is -2.12. The van der Waals surface area contributed by atoms with Crippen molar-refractivity contribution in [2.24, 2.45) is 0 Å². The Morgan fingerprint density at radius 2 is 1.87 bits per heavy atom. The van der Waals surface area contributed by atoms with Crippen molar-refractivity contribution in [1.29, 1.82) is 0 Å². The molecule has 0 unspecified atom stereocenters. The van der Waals surface area contributed by atoms with Crippen LogP contribution in [0.3, 0.4) is 0 Å². The van der Waals surface area contributed by atoms with Gasteiger partial charge in [-0.3, -0.25) is 14.9 Å². The highest BCUT2D eigenvalue weighted by Gasteiger charge is 2.17. The van der Waals surface area contributed by atoms with Gasteiger partial charge in [0.25, 0.3) is 11.6 Å². The summed E-state index contributed by atoms with van der Waals surface area (Å²) in [6.07, 6.45) is 0. The second kappa shape index (κ2) is 7.44. The van der Waals surface area contributed by atoms with E-state index in [1.54, 1.807) is 13.0 Å². The summed E-state index contributed by atoms with van der Waals surface area (Å²) in [5.41, 5.74) is 5.65. The Labute approximate surface area is 172 Å². The van der Waals surface area contributed by atoms with Gasteiger partial charge in [0.1, 0.15) is 5.52 Å². The molecule has 1 heterocycles. The van der Waals surface area contributed by atoms with Crippen LogP contribution in [0.25, 0.3) is 22.6 Å². The van der Waals surface area contributed by atoms with E-state index >= 15 is 0 Å². The van der Waals surface area contributed by atoms with Crippen LogP contribution in [0.2, 0.25) is 0 Å². The van der Waals surface area contributed by atoms with Crippen molar-refractivity contribution in [1.82, 2.24) is 4.98 Å². The molecule has 0 aliphatic heterocycles. The van der Waals surface area contributed by atoms with Crippen LogP contribution in [-0.2, 0) is 0 Å². The summed E-state index contributed by atoms with van der Waals surface area (Å²) in [4.78, 5) is 27.8. The zero-order valence-corrected chi connectivity index (χ0v) is 16.7. The molecule has 0 saturated heterocycles. The van der Waals surface area contributed by atoms with Gasteiger partial charge in [0.15, 0.2) is 5.58 Å². The Kier molecular flexibility index (Phi) is 4.79.